The van der Waals surface area contributed by atoms with Crippen LogP contribution >= 0.6 is 23.1 Å². The molecule has 0 spiro atoms. The van der Waals surface area contributed by atoms with Gasteiger partial charge in [-0.25, -0.2) is 0 Å². The monoisotopic (exact) mass is 352 g/mol. The van der Waals surface area contributed by atoms with Gasteiger partial charge in [0.1, 0.15) is 0 Å². The van der Waals surface area contributed by atoms with Gasteiger partial charge in [-0.15, -0.1) is 21.5 Å². The van der Waals surface area contributed by atoms with E-state index in [-0.39, 0.29) is 0 Å². The summed E-state index contributed by atoms with van der Waals surface area (Å²) in [5, 5.41) is 21.1. The molecule has 4 rings (SSSR count). The zero-order chi connectivity index (χ0) is 16.4. The van der Waals surface area contributed by atoms with Gasteiger partial charge in [0.05, 0.1) is 16.5 Å². The van der Waals surface area contributed by atoms with E-state index in [4.69, 9.17) is 0 Å². The lowest BCUT2D eigenvalue weighted by molar-refractivity contribution is 0.584. The van der Waals surface area contributed by atoms with Crippen LogP contribution in [0.5, 0.6) is 0 Å². The number of nitriles is 1. The van der Waals surface area contributed by atoms with Gasteiger partial charge in [-0.1, -0.05) is 36.0 Å². The number of hydrogen-bond acceptors (Lipinski definition) is 5. The fraction of sp³-hybridized carbons (Fsp3) is 0.278. The maximum Gasteiger partial charge on any atom is 0.191 e. The molecule has 4 nitrogen and oxygen atoms in total. The number of thioether (sulfide) groups is 1. The molecule has 1 aliphatic rings. The van der Waals surface area contributed by atoms with E-state index in [0.717, 1.165) is 45.2 Å². The van der Waals surface area contributed by atoms with Crippen molar-refractivity contribution in [2.75, 3.05) is 0 Å². The molecular weight excluding hydrogens is 336 g/mol. The summed E-state index contributed by atoms with van der Waals surface area (Å²) in [4.78, 5) is 1.16. The Morgan fingerprint density at radius 3 is 2.83 bits per heavy atom. The molecule has 1 saturated carbocycles. The Labute approximate surface area is 149 Å². The first-order valence-electron chi connectivity index (χ1n) is 7.93. The van der Waals surface area contributed by atoms with Gasteiger partial charge in [-0.3, -0.25) is 0 Å². The molecule has 0 atom stereocenters. The van der Waals surface area contributed by atoms with Gasteiger partial charge in [0, 0.05) is 12.3 Å². The van der Waals surface area contributed by atoms with E-state index in [9.17, 15) is 5.26 Å². The average molecular weight is 352 g/mol. The van der Waals surface area contributed by atoms with Crippen molar-refractivity contribution in [1.82, 2.24) is 14.8 Å². The molecule has 0 amide bonds. The minimum absolute atomic E-state index is 0.733. The van der Waals surface area contributed by atoms with Crippen LogP contribution < -0.4 is 0 Å². The highest BCUT2D eigenvalue weighted by atomic mass is 32.2. The number of nitrogens with zero attached hydrogens (tertiary/aromatic N) is 4. The zero-order valence-corrected chi connectivity index (χ0v) is 14.7. The highest BCUT2D eigenvalue weighted by Crippen LogP contribution is 2.35. The van der Waals surface area contributed by atoms with Crippen molar-refractivity contribution >= 4 is 23.1 Å². The summed E-state index contributed by atoms with van der Waals surface area (Å²) in [5.41, 5.74) is 1.78. The second kappa shape index (κ2) is 6.80. The molecule has 120 valence electrons. The number of benzene rings is 1. The smallest absolute Gasteiger partial charge is 0.191 e. The van der Waals surface area contributed by atoms with Crippen molar-refractivity contribution in [3.63, 3.8) is 0 Å². The van der Waals surface area contributed by atoms with Crippen LogP contribution in [-0.4, -0.2) is 14.8 Å². The lowest BCUT2D eigenvalue weighted by Gasteiger charge is -2.09. The van der Waals surface area contributed by atoms with Gasteiger partial charge in [0.25, 0.3) is 0 Å². The Bertz CT molecular complexity index is 873. The number of aromatic nitrogens is 3. The van der Waals surface area contributed by atoms with Crippen LogP contribution in [0.2, 0.25) is 0 Å². The fourth-order valence-electron chi connectivity index (χ4n) is 2.60. The van der Waals surface area contributed by atoms with Crippen LogP contribution in [0.25, 0.3) is 10.7 Å². The molecular formula is C18H16N4S2. The molecule has 2 aromatic heterocycles. The van der Waals surface area contributed by atoms with Crippen molar-refractivity contribution in [3.05, 3.63) is 52.9 Å². The Kier molecular flexibility index (Phi) is 4.37. The fourth-order valence-corrected chi connectivity index (χ4v) is 4.27. The van der Waals surface area contributed by atoms with Gasteiger partial charge in [0.15, 0.2) is 11.0 Å². The molecule has 1 fully saturated rings. The van der Waals surface area contributed by atoms with Crippen molar-refractivity contribution in [1.29, 1.82) is 5.26 Å². The third kappa shape index (κ3) is 3.23. The normalized spacial score (nSPS) is 13.8. The van der Waals surface area contributed by atoms with Gasteiger partial charge in [0.2, 0.25) is 0 Å². The highest BCUT2D eigenvalue weighted by molar-refractivity contribution is 7.98. The van der Waals surface area contributed by atoms with Crippen LogP contribution in [0.4, 0.5) is 0 Å². The first kappa shape index (κ1) is 15.4. The van der Waals surface area contributed by atoms with Crippen molar-refractivity contribution < 1.29 is 0 Å². The second-order valence-corrected chi connectivity index (χ2v) is 7.79. The maximum absolute atomic E-state index is 9.24. The minimum atomic E-state index is 0.733. The first-order valence-corrected chi connectivity index (χ1v) is 9.79. The van der Waals surface area contributed by atoms with E-state index in [1.54, 1.807) is 23.1 Å². The molecule has 1 aromatic carbocycles. The molecule has 3 aromatic rings. The molecule has 0 N–H and O–H groups in total. The standard InChI is InChI=1S/C18H16N4S2/c19-10-14-4-1-2-5-15(14)12-24-18-21-20-17(16-6-3-9-23-16)22(18)11-13-7-8-13/h1-6,9,13H,7-8,11-12H2. The average Bonchev–Trinajstić information content (AvgIpc) is 3.10. The topological polar surface area (TPSA) is 54.5 Å². The van der Waals surface area contributed by atoms with E-state index in [0.29, 0.717) is 0 Å². The Hall–Kier alpha value is -2.10. The van der Waals surface area contributed by atoms with E-state index < -0.39 is 0 Å². The third-order valence-electron chi connectivity index (χ3n) is 4.09. The number of thiophene rings is 1. The molecule has 0 radical (unpaired) electrons. The molecule has 0 bridgehead atoms. The molecule has 2 heterocycles. The summed E-state index contributed by atoms with van der Waals surface area (Å²) in [7, 11) is 0. The molecule has 0 aliphatic heterocycles. The quantitative estimate of drug-likeness (QED) is 0.609. The number of hydrogen-bond donors (Lipinski definition) is 0. The predicted molar refractivity (Wildman–Crippen MR) is 96.8 cm³/mol. The van der Waals surface area contributed by atoms with Crippen LogP contribution in [0.15, 0.2) is 46.9 Å². The summed E-state index contributed by atoms with van der Waals surface area (Å²) < 4.78 is 2.25. The Balaban J connectivity index is 1.59. The highest BCUT2D eigenvalue weighted by Gasteiger charge is 2.26. The summed E-state index contributed by atoms with van der Waals surface area (Å²) in [6, 6.07) is 14.1. The van der Waals surface area contributed by atoms with Crippen LogP contribution in [0, 0.1) is 17.2 Å². The first-order chi connectivity index (χ1) is 11.8. The lowest BCUT2D eigenvalue weighted by atomic mass is 10.1. The van der Waals surface area contributed by atoms with Crippen LogP contribution in [0.1, 0.15) is 24.0 Å². The van der Waals surface area contributed by atoms with Gasteiger partial charge in [-0.2, -0.15) is 5.26 Å². The third-order valence-corrected chi connectivity index (χ3v) is 5.97. The van der Waals surface area contributed by atoms with Crippen molar-refractivity contribution in [3.8, 4) is 16.8 Å². The van der Waals surface area contributed by atoms with Crippen LogP contribution in [0.3, 0.4) is 0 Å². The second-order valence-electron chi connectivity index (χ2n) is 5.90. The summed E-state index contributed by atoms with van der Waals surface area (Å²) in [5.74, 6) is 2.45. The summed E-state index contributed by atoms with van der Waals surface area (Å²) in [6.07, 6.45) is 2.59. The molecule has 24 heavy (non-hydrogen) atoms. The Morgan fingerprint density at radius 1 is 1.21 bits per heavy atom. The SMILES string of the molecule is N#Cc1ccccc1CSc1nnc(-c2cccs2)n1CC1CC1. The predicted octanol–water partition coefficient (Wildman–Crippen LogP) is 4.58. The van der Waals surface area contributed by atoms with E-state index in [2.05, 4.69) is 32.3 Å². The molecule has 0 saturated heterocycles. The largest absolute Gasteiger partial charge is 0.301 e. The van der Waals surface area contributed by atoms with E-state index in [1.807, 2.05) is 30.3 Å². The Morgan fingerprint density at radius 2 is 2.08 bits per heavy atom. The van der Waals surface area contributed by atoms with Gasteiger partial charge < -0.3 is 4.57 Å². The van der Waals surface area contributed by atoms with Crippen LogP contribution in [-0.2, 0) is 12.3 Å². The lowest BCUT2D eigenvalue weighted by Crippen LogP contribution is -2.04. The molecule has 1 aliphatic carbocycles. The molecule has 0 unspecified atom stereocenters. The van der Waals surface area contributed by atoms with Crippen molar-refractivity contribution in [2.24, 2.45) is 5.92 Å². The summed E-state index contributed by atoms with van der Waals surface area (Å²) in [6.45, 7) is 0.989. The maximum atomic E-state index is 9.24. The van der Waals surface area contributed by atoms with E-state index in [1.165, 1.54) is 12.8 Å². The summed E-state index contributed by atoms with van der Waals surface area (Å²) >= 11 is 3.36. The minimum Gasteiger partial charge on any atom is -0.301 e. The molecule has 6 heteroatoms. The van der Waals surface area contributed by atoms with Crippen molar-refractivity contribution in [2.45, 2.75) is 30.3 Å². The zero-order valence-electron chi connectivity index (χ0n) is 13.1. The van der Waals surface area contributed by atoms with Gasteiger partial charge >= 0.3 is 0 Å². The van der Waals surface area contributed by atoms with Gasteiger partial charge in [-0.05, 0) is 41.8 Å². The number of rotatable bonds is 6. The van der Waals surface area contributed by atoms with E-state index >= 15 is 0 Å².